The van der Waals surface area contributed by atoms with Crippen LogP contribution in [0.1, 0.15) is 264 Å². The average Bonchev–Trinajstić information content (AvgIpc) is 3.36. The van der Waals surface area contributed by atoms with Gasteiger partial charge in [-0.1, -0.05) is 236 Å². The summed E-state index contributed by atoms with van der Waals surface area (Å²) in [5, 5.41) is 54.1. The third-order valence-electron chi connectivity index (χ3n) is 13.8. The van der Waals surface area contributed by atoms with Gasteiger partial charge >= 0.3 is 5.97 Å². The fraction of sp³-hybridized carbons (Fsp3) is 0.864. The SMILES string of the molecule is C/C=C/CC/C=C/CC/C=C/C(O)C(COC1OC(CO)C(O)C(O)C1O)NC(=O)CCCCCCCCCCCCCCCCOC(=O)CCCCCCCCCCCCCCCCCCCCC. The molecule has 1 saturated heterocycles. The van der Waals surface area contributed by atoms with E-state index in [0.717, 1.165) is 70.6 Å². The number of carbonyl (C=O) groups is 2. The van der Waals surface area contributed by atoms with Crippen LogP contribution in [0.3, 0.4) is 0 Å². The Hall–Kier alpha value is -2.12. The Bertz CT molecular complexity index is 1260. The molecule has 1 rings (SSSR count). The number of hydrogen-bond donors (Lipinski definition) is 6. The smallest absolute Gasteiger partial charge is 0.305 e. The number of allylic oxidation sites excluding steroid dienone is 5. The first-order valence-electron chi connectivity index (χ1n) is 29.2. The maximum Gasteiger partial charge on any atom is 0.305 e. The summed E-state index contributed by atoms with van der Waals surface area (Å²) in [6.07, 6.45) is 49.8. The topological polar surface area (TPSA) is 175 Å². The average molecular weight is 993 g/mol. The van der Waals surface area contributed by atoms with Crippen molar-refractivity contribution in [1.29, 1.82) is 0 Å². The normalized spacial score (nSPS) is 19.4. The van der Waals surface area contributed by atoms with Crippen molar-refractivity contribution in [3.8, 4) is 0 Å². The van der Waals surface area contributed by atoms with E-state index in [9.17, 15) is 35.1 Å². The Kier molecular flexibility index (Phi) is 46.2. The minimum atomic E-state index is -1.58. The Balaban J connectivity index is 2.03. The molecule has 11 heteroatoms. The first kappa shape index (κ1) is 65.9. The molecule has 7 unspecified atom stereocenters. The standard InChI is InChI=1S/C59H109NO10/c1-3-5-7-9-11-13-14-15-16-17-18-19-20-24-27-31-35-39-43-47-55(64)68-48-44-40-36-32-28-25-22-21-23-26-30-34-38-42-46-54(63)60-51(52(62)45-41-37-33-29-12-10-8-6-4-2)50-69-59-58(67)57(66)56(65)53(49-61)70-59/h4,6,12,29,41,45,51-53,56-59,61-62,65-67H,3,5,7-11,13-28,30-40,42-44,46-50H2,1-2H3,(H,60,63)/b6-4+,29-12+,45-41+. The van der Waals surface area contributed by atoms with Crippen molar-refractivity contribution in [2.24, 2.45) is 0 Å². The number of esters is 1. The predicted molar refractivity (Wildman–Crippen MR) is 287 cm³/mol. The van der Waals surface area contributed by atoms with E-state index < -0.39 is 49.5 Å². The van der Waals surface area contributed by atoms with Crippen LogP contribution in [0.4, 0.5) is 0 Å². The van der Waals surface area contributed by atoms with Gasteiger partial charge in [0.25, 0.3) is 0 Å². The van der Waals surface area contributed by atoms with Gasteiger partial charge in [-0.25, -0.2) is 0 Å². The lowest BCUT2D eigenvalue weighted by Crippen LogP contribution is -2.60. The molecular formula is C59H109NO10. The van der Waals surface area contributed by atoms with E-state index >= 15 is 0 Å². The van der Waals surface area contributed by atoms with Crippen LogP contribution in [-0.4, -0.2) is 100 Å². The van der Waals surface area contributed by atoms with Crippen molar-refractivity contribution in [2.75, 3.05) is 19.8 Å². The molecule has 1 fully saturated rings. The van der Waals surface area contributed by atoms with Crippen LogP contribution in [0.5, 0.6) is 0 Å². The quantitative estimate of drug-likeness (QED) is 0.0195. The zero-order valence-electron chi connectivity index (χ0n) is 45.0. The van der Waals surface area contributed by atoms with Gasteiger partial charge in [0.05, 0.1) is 32.0 Å². The van der Waals surface area contributed by atoms with Gasteiger partial charge in [-0.05, 0) is 51.9 Å². The van der Waals surface area contributed by atoms with Crippen LogP contribution in [0, 0.1) is 0 Å². The summed E-state index contributed by atoms with van der Waals surface area (Å²) in [5.41, 5.74) is 0. The molecule has 70 heavy (non-hydrogen) atoms. The van der Waals surface area contributed by atoms with Gasteiger partial charge in [0.1, 0.15) is 24.4 Å². The number of aliphatic hydroxyl groups is 5. The van der Waals surface area contributed by atoms with Crippen molar-refractivity contribution in [3.05, 3.63) is 36.5 Å². The van der Waals surface area contributed by atoms with Gasteiger partial charge in [-0.15, -0.1) is 0 Å². The van der Waals surface area contributed by atoms with Crippen LogP contribution in [0.2, 0.25) is 0 Å². The van der Waals surface area contributed by atoms with Gasteiger partial charge < -0.3 is 45.1 Å². The predicted octanol–water partition coefficient (Wildman–Crippen LogP) is 13.1. The minimum absolute atomic E-state index is 0.0202. The number of carbonyl (C=O) groups excluding carboxylic acids is 2. The number of nitrogens with one attached hydrogen (secondary N) is 1. The Labute approximate surface area is 428 Å². The second-order valence-electron chi connectivity index (χ2n) is 20.4. The number of unbranched alkanes of at least 4 members (excludes halogenated alkanes) is 33. The van der Waals surface area contributed by atoms with Crippen LogP contribution < -0.4 is 5.32 Å². The highest BCUT2D eigenvalue weighted by Gasteiger charge is 2.44. The minimum Gasteiger partial charge on any atom is -0.466 e. The molecule has 1 aliphatic heterocycles. The lowest BCUT2D eigenvalue weighted by Gasteiger charge is -2.40. The number of ether oxygens (including phenoxy) is 3. The maximum atomic E-state index is 13.0. The summed E-state index contributed by atoms with van der Waals surface area (Å²) in [5.74, 6) is -0.230. The summed E-state index contributed by atoms with van der Waals surface area (Å²) < 4.78 is 16.7. The molecule has 7 atom stereocenters. The highest BCUT2D eigenvalue weighted by atomic mass is 16.7. The van der Waals surface area contributed by atoms with Crippen LogP contribution in [-0.2, 0) is 23.8 Å². The summed E-state index contributed by atoms with van der Waals surface area (Å²) in [7, 11) is 0. The molecule has 1 amide bonds. The zero-order chi connectivity index (χ0) is 51.0. The molecule has 0 aromatic heterocycles. The largest absolute Gasteiger partial charge is 0.466 e. The number of rotatable bonds is 50. The van der Waals surface area contributed by atoms with Gasteiger partial charge in [0.2, 0.25) is 5.91 Å². The summed E-state index contributed by atoms with van der Waals surface area (Å²) in [4.78, 5) is 25.1. The lowest BCUT2D eigenvalue weighted by atomic mass is 9.99. The molecule has 410 valence electrons. The fourth-order valence-corrected chi connectivity index (χ4v) is 9.18. The molecule has 0 radical (unpaired) electrons. The highest BCUT2D eigenvalue weighted by Crippen LogP contribution is 2.23. The molecule has 0 spiro atoms. The molecule has 0 saturated carbocycles. The van der Waals surface area contributed by atoms with Crippen LogP contribution in [0.25, 0.3) is 0 Å². The molecule has 0 aliphatic carbocycles. The van der Waals surface area contributed by atoms with Crippen molar-refractivity contribution in [2.45, 2.75) is 307 Å². The molecule has 1 aliphatic rings. The van der Waals surface area contributed by atoms with E-state index in [-0.39, 0.29) is 18.5 Å². The van der Waals surface area contributed by atoms with Crippen molar-refractivity contribution in [3.63, 3.8) is 0 Å². The third-order valence-corrected chi connectivity index (χ3v) is 13.8. The van der Waals surface area contributed by atoms with Crippen LogP contribution in [0.15, 0.2) is 36.5 Å². The fourth-order valence-electron chi connectivity index (χ4n) is 9.18. The van der Waals surface area contributed by atoms with E-state index in [1.807, 2.05) is 19.1 Å². The monoisotopic (exact) mass is 992 g/mol. The number of amides is 1. The second-order valence-corrected chi connectivity index (χ2v) is 20.4. The maximum absolute atomic E-state index is 13.0. The molecule has 0 aromatic rings. The van der Waals surface area contributed by atoms with E-state index in [4.69, 9.17) is 14.2 Å². The van der Waals surface area contributed by atoms with E-state index in [2.05, 4.69) is 30.5 Å². The van der Waals surface area contributed by atoms with Gasteiger partial charge in [-0.3, -0.25) is 9.59 Å². The van der Waals surface area contributed by atoms with Crippen molar-refractivity contribution >= 4 is 11.9 Å². The van der Waals surface area contributed by atoms with Crippen molar-refractivity contribution in [1.82, 2.24) is 5.32 Å². The lowest BCUT2D eigenvalue weighted by molar-refractivity contribution is -0.302. The molecular weight excluding hydrogens is 883 g/mol. The molecule has 11 nitrogen and oxygen atoms in total. The van der Waals surface area contributed by atoms with E-state index in [0.29, 0.717) is 25.9 Å². The van der Waals surface area contributed by atoms with Crippen LogP contribution >= 0.6 is 0 Å². The van der Waals surface area contributed by atoms with Gasteiger partial charge in [0, 0.05) is 12.8 Å². The molecule has 6 N–H and O–H groups in total. The van der Waals surface area contributed by atoms with E-state index in [1.165, 1.54) is 161 Å². The summed E-state index contributed by atoms with van der Waals surface area (Å²) in [6, 6.07) is -0.841. The first-order valence-corrected chi connectivity index (χ1v) is 29.2. The Morgan fingerprint density at radius 3 is 1.41 bits per heavy atom. The van der Waals surface area contributed by atoms with Gasteiger partial charge in [-0.2, -0.15) is 0 Å². The molecule has 0 bridgehead atoms. The first-order chi connectivity index (χ1) is 34.2. The molecule has 1 heterocycles. The highest BCUT2D eigenvalue weighted by molar-refractivity contribution is 5.76. The second kappa shape index (κ2) is 49.1. The summed E-state index contributed by atoms with van der Waals surface area (Å²) >= 11 is 0. The Morgan fingerprint density at radius 1 is 0.543 bits per heavy atom. The number of aliphatic hydroxyl groups excluding tert-OH is 5. The van der Waals surface area contributed by atoms with Crippen molar-refractivity contribution < 1.29 is 49.3 Å². The Morgan fingerprint density at radius 2 is 0.957 bits per heavy atom. The zero-order valence-corrected chi connectivity index (χ0v) is 45.0. The third kappa shape index (κ3) is 38.5. The molecule has 0 aromatic carbocycles. The summed E-state index contributed by atoms with van der Waals surface area (Å²) in [6.45, 7) is 4.06. The van der Waals surface area contributed by atoms with E-state index in [1.54, 1.807) is 6.08 Å². The van der Waals surface area contributed by atoms with Gasteiger partial charge in [0.15, 0.2) is 6.29 Å². The number of hydrogen-bond acceptors (Lipinski definition) is 10.